The van der Waals surface area contributed by atoms with E-state index in [2.05, 4.69) is 15.5 Å². The van der Waals surface area contributed by atoms with Gasteiger partial charge in [-0.15, -0.1) is 0 Å². The molecule has 0 spiro atoms. The number of nitrogens with one attached hydrogen (secondary N) is 2. The van der Waals surface area contributed by atoms with E-state index in [9.17, 15) is 13.2 Å². The Bertz CT molecular complexity index is 860. The van der Waals surface area contributed by atoms with E-state index in [1.807, 2.05) is 0 Å². The summed E-state index contributed by atoms with van der Waals surface area (Å²) in [7, 11) is -3.19. The molecular formula is C16H20N4O4S. The van der Waals surface area contributed by atoms with Crippen molar-refractivity contribution in [1.82, 2.24) is 19.8 Å². The average Bonchev–Trinajstić information content (AvgIpc) is 3.25. The molecule has 2 atom stereocenters. The van der Waals surface area contributed by atoms with E-state index in [0.29, 0.717) is 30.0 Å². The second-order valence-electron chi connectivity index (χ2n) is 6.76. The molecule has 2 N–H and O–H groups in total. The number of aromatic nitrogens is 2. The Hall–Kier alpha value is -2.13. The van der Waals surface area contributed by atoms with Crippen molar-refractivity contribution in [3.63, 3.8) is 0 Å². The lowest BCUT2D eigenvalue weighted by Crippen LogP contribution is -2.52. The largest absolute Gasteiger partial charge is 0.463 e. The maximum absolute atomic E-state index is 12.5. The topological polar surface area (TPSA) is 108 Å². The highest BCUT2D eigenvalue weighted by molar-refractivity contribution is 7.88. The van der Waals surface area contributed by atoms with Crippen molar-refractivity contribution in [2.24, 2.45) is 0 Å². The Labute approximate surface area is 145 Å². The van der Waals surface area contributed by atoms with Gasteiger partial charge in [-0.05, 0) is 37.8 Å². The first-order chi connectivity index (χ1) is 11.9. The monoisotopic (exact) mass is 364 g/mol. The number of H-pyrrole nitrogens is 1. The van der Waals surface area contributed by atoms with Gasteiger partial charge in [-0.1, -0.05) is 0 Å². The number of rotatable bonds is 4. The van der Waals surface area contributed by atoms with Gasteiger partial charge in [-0.3, -0.25) is 9.89 Å². The van der Waals surface area contributed by atoms with Crippen LogP contribution in [0.25, 0.3) is 11.5 Å². The standard InChI is InChI=1S/C16H20N4O4S/c1-25(22,23)20-11-4-5-12(20)8-10(7-11)17-16(21)14-9-13(18-19-14)15-3-2-6-24-15/h2-3,6,9-12H,4-5,7-8H2,1H3,(H,17,21)(H,18,19). The first kappa shape index (κ1) is 16.3. The van der Waals surface area contributed by atoms with E-state index in [4.69, 9.17) is 4.42 Å². The van der Waals surface area contributed by atoms with Crippen molar-refractivity contribution in [2.75, 3.05) is 6.26 Å². The molecule has 2 aromatic rings. The third-order valence-corrected chi connectivity index (χ3v) is 6.34. The third-order valence-electron chi connectivity index (χ3n) is 4.98. The smallest absolute Gasteiger partial charge is 0.272 e. The molecule has 0 aromatic carbocycles. The quantitative estimate of drug-likeness (QED) is 0.851. The number of aromatic amines is 1. The van der Waals surface area contributed by atoms with Crippen LogP contribution in [0.3, 0.4) is 0 Å². The second-order valence-corrected chi connectivity index (χ2v) is 8.65. The molecule has 25 heavy (non-hydrogen) atoms. The van der Waals surface area contributed by atoms with Gasteiger partial charge < -0.3 is 9.73 Å². The normalized spacial score (nSPS) is 26.7. The summed E-state index contributed by atoms with van der Waals surface area (Å²) >= 11 is 0. The number of carbonyl (C=O) groups is 1. The van der Waals surface area contributed by atoms with Crippen LogP contribution in [-0.4, -0.2) is 53.2 Å². The van der Waals surface area contributed by atoms with Gasteiger partial charge in [0, 0.05) is 24.2 Å². The van der Waals surface area contributed by atoms with Crippen LogP contribution in [0, 0.1) is 0 Å². The Morgan fingerprint density at radius 2 is 2.08 bits per heavy atom. The number of sulfonamides is 1. The number of carbonyl (C=O) groups excluding carboxylic acids is 1. The van der Waals surface area contributed by atoms with Gasteiger partial charge in [0.15, 0.2) is 11.5 Å². The lowest BCUT2D eigenvalue weighted by Gasteiger charge is -2.37. The van der Waals surface area contributed by atoms with E-state index in [1.54, 1.807) is 28.8 Å². The average molecular weight is 364 g/mol. The van der Waals surface area contributed by atoms with E-state index < -0.39 is 10.0 Å². The molecule has 8 nitrogen and oxygen atoms in total. The predicted molar refractivity (Wildman–Crippen MR) is 90.3 cm³/mol. The number of hydrogen-bond donors (Lipinski definition) is 2. The van der Waals surface area contributed by atoms with Crippen LogP contribution in [0.5, 0.6) is 0 Å². The lowest BCUT2D eigenvalue weighted by molar-refractivity contribution is 0.0904. The number of amides is 1. The maximum atomic E-state index is 12.5. The Balaban J connectivity index is 1.43. The lowest BCUT2D eigenvalue weighted by atomic mass is 9.99. The zero-order valence-corrected chi connectivity index (χ0v) is 14.6. The highest BCUT2D eigenvalue weighted by Gasteiger charge is 2.45. The van der Waals surface area contributed by atoms with Crippen molar-refractivity contribution in [2.45, 2.75) is 43.8 Å². The fourth-order valence-electron chi connectivity index (χ4n) is 4.05. The number of fused-ring (bicyclic) bond motifs is 2. The van der Waals surface area contributed by atoms with Gasteiger partial charge >= 0.3 is 0 Å². The first-order valence-electron chi connectivity index (χ1n) is 8.30. The van der Waals surface area contributed by atoms with E-state index in [-0.39, 0.29) is 24.0 Å². The molecule has 4 heterocycles. The molecule has 9 heteroatoms. The number of nitrogens with zero attached hydrogens (tertiary/aromatic N) is 2. The van der Waals surface area contributed by atoms with Crippen molar-refractivity contribution in [1.29, 1.82) is 0 Å². The molecule has 2 aliphatic heterocycles. The maximum Gasteiger partial charge on any atom is 0.272 e. The van der Waals surface area contributed by atoms with Gasteiger partial charge in [0.2, 0.25) is 10.0 Å². The minimum absolute atomic E-state index is 0.0167. The van der Waals surface area contributed by atoms with Crippen LogP contribution in [0.2, 0.25) is 0 Å². The fourth-order valence-corrected chi connectivity index (χ4v) is 5.51. The summed E-state index contributed by atoms with van der Waals surface area (Å²) in [5.41, 5.74) is 0.936. The molecule has 2 bridgehead atoms. The van der Waals surface area contributed by atoms with Crippen LogP contribution in [0.4, 0.5) is 0 Å². The molecule has 4 rings (SSSR count). The number of furan rings is 1. The summed E-state index contributed by atoms with van der Waals surface area (Å²) in [5.74, 6) is 0.359. The van der Waals surface area contributed by atoms with Crippen molar-refractivity contribution >= 4 is 15.9 Å². The summed E-state index contributed by atoms with van der Waals surface area (Å²) in [6.07, 6.45) is 5.82. The Morgan fingerprint density at radius 1 is 1.36 bits per heavy atom. The summed E-state index contributed by atoms with van der Waals surface area (Å²) in [6, 6.07) is 5.13. The predicted octanol–water partition coefficient (Wildman–Crippen LogP) is 1.35. The van der Waals surface area contributed by atoms with E-state index >= 15 is 0 Å². The Kier molecular flexibility index (Phi) is 3.92. The van der Waals surface area contributed by atoms with Gasteiger partial charge in [-0.2, -0.15) is 9.40 Å². The van der Waals surface area contributed by atoms with Crippen LogP contribution in [0.15, 0.2) is 28.9 Å². The van der Waals surface area contributed by atoms with Crippen LogP contribution in [-0.2, 0) is 10.0 Å². The minimum Gasteiger partial charge on any atom is -0.463 e. The van der Waals surface area contributed by atoms with E-state index in [0.717, 1.165) is 12.8 Å². The second kappa shape index (κ2) is 5.99. The van der Waals surface area contributed by atoms with Gasteiger partial charge in [0.05, 0.1) is 12.5 Å². The summed E-state index contributed by atoms with van der Waals surface area (Å²) in [5, 5.41) is 9.83. The molecule has 0 saturated carbocycles. The number of hydrogen-bond acceptors (Lipinski definition) is 5. The third kappa shape index (κ3) is 3.09. The highest BCUT2D eigenvalue weighted by Crippen LogP contribution is 2.37. The summed E-state index contributed by atoms with van der Waals surface area (Å²) < 4.78 is 30.8. The highest BCUT2D eigenvalue weighted by atomic mass is 32.2. The van der Waals surface area contributed by atoms with Crippen LogP contribution in [0.1, 0.15) is 36.2 Å². The zero-order valence-electron chi connectivity index (χ0n) is 13.8. The zero-order chi connectivity index (χ0) is 17.6. The molecule has 2 unspecified atom stereocenters. The fraction of sp³-hybridized carbons (Fsp3) is 0.500. The molecule has 2 aliphatic rings. The van der Waals surface area contributed by atoms with Gasteiger partial charge in [-0.25, -0.2) is 8.42 Å². The van der Waals surface area contributed by atoms with E-state index in [1.165, 1.54) is 6.26 Å². The van der Waals surface area contributed by atoms with Gasteiger partial charge in [0.25, 0.3) is 5.91 Å². The number of piperidine rings is 1. The molecule has 134 valence electrons. The molecule has 1 amide bonds. The molecular weight excluding hydrogens is 344 g/mol. The van der Waals surface area contributed by atoms with Crippen LogP contribution >= 0.6 is 0 Å². The van der Waals surface area contributed by atoms with Crippen molar-refractivity contribution in [3.05, 3.63) is 30.2 Å². The molecule has 2 fully saturated rings. The first-order valence-corrected chi connectivity index (χ1v) is 10.2. The van der Waals surface area contributed by atoms with Crippen molar-refractivity contribution in [3.8, 4) is 11.5 Å². The molecule has 2 saturated heterocycles. The SMILES string of the molecule is CS(=O)(=O)N1C2CCC1CC(NC(=O)c1cc(-c3ccco3)[nH]n1)C2. The summed E-state index contributed by atoms with van der Waals surface area (Å²) in [6.45, 7) is 0. The molecule has 0 aliphatic carbocycles. The van der Waals surface area contributed by atoms with Crippen LogP contribution < -0.4 is 5.32 Å². The Morgan fingerprint density at radius 3 is 2.68 bits per heavy atom. The molecule has 2 aromatic heterocycles. The minimum atomic E-state index is -3.19. The van der Waals surface area contributed by atoms with Crippen molar-refractivity contribution < 1.29 is 17.6 Å². The van der Waals surface area contributed by atoms with Gasteiger partial charge in [0.1, 0.15) is 5.69 Å². The summed E-state index contributed by atoms with van der Waals surface area (Å²) in [4.78, 5) is 12.5. The molecule has 0 radical (unpaired) electrons.